The largest absolute Gasteiger partial charge is 0.451 e. The molecule has 102 valence electrons. The highest BCUT2D eigenvalue weighted by Gasteiger charge is 2.18. The van der Waals surface area contributed by atoms with Crippen LogP contribution in [0.1, 0.15) is 0 Å². The number of primary sulfonamides is 1. The van der Waals surface area contributed by atoms with Crippen molar-refractivity contribution in [1.29, 1.82) is 0 Å². The van der Waals surface area contributed by atoms with Crippen molar-refractivity contribution >= 4 is 10.0 Å². The zero-order chi connectivity index (χ0) is 14.2. The number of hydrogen-bond donors (Lipinski definition) is 1. The molecule has 0 saturated carbocycles. The number of nitrogens with two attached hydrogens (primary N) is 1. The summed E-state index contributed by atoms with van der Waals surface area (Å²) in [5.41, 5.74) is 0.862. The summed E-state index contributed by atoms with van der Waals surface area (Å²) < 4.78 is 32.1. The number of furan rings is 1. The van der Waals surface area contributed by atoms with Crippen LogP contribution in [-0.4, -0.2) is 23.5 Å². The number of nitrogens with zero attached hydrogens (tertiary/aromatic N) is 3. The highest BCUT2D eigenvalue weighted by atomic mass is 32.2. The Hall–Kier alpha value is -2.52. The molecule has 0 aromatic carbocycles. The number of rotatable bonds is 3. The van der Waals surface area contributed by atoms with Crippen LogP contribution < -0.4 is 5.14 Å². The van der Waals surface area contributed by atoms with E-state index in [1.807, 2.05) is 0 Å². The van der Waals surface area contributed by atoms with E-state index in [1.54, 1.807) is 24.4 Å². The van der Waals surface area contributed by atoms with Gasteiger partial charge in [0, 0.05) is 12.3 Å². The standard InChI is InChI=1S/C11H8N4O4S/c12-20(16,17)9-5-7(6-18-9)11-14-10(15-19-11)8-3-1-2-4-13-8/h1-6H,(H2,12,16,17). The summed E-state index contributed by atoms with van der Waals surface area (Å²) in [5.74, 6) is 0.406. The molecule has 0 unspecified atom stereocenters. The third-order valence-corrected chi connectivity index (χ3v) is 3.20. The zero-order valence-electron chi connectivity index (χ0n) is 9.92. The van der Waals surface area contributed by atoms with Crippen LogP contribution in [0, 0.1) is 0 Å². The van der Waals surface area contributed by atoms with Crippen molar-refractivity contribution in [1.82, 2.24) is 15.1 Å². The normalized spacial score (nSPS) is 11.7. The van der Waals surface area contributed by atoms with E-state index in [2.05, 4.69) is 15.1 Å². The van der Waals surface area contributed by atoms with Crippen molar-refractivity contribution in [2.75, 3.05) is 0 Å². The topological polar surface area (TPSA) is 125 Å². The van der Waals surface area contributed by atoms with E-state index < -0.39 is 10.0 Å². The fourth-order valence-electron chi connectivity index (χ4n) is 1.52. The van der Waals surface area contributed by atoms with E-state index in [4.69, 9.17) is 14.1 Å². The smallest absolute Gasteiger partial charge is 0.271 e. The summed E-state index contributed by atoms with van der Waals surface area (Å²) >= 11 is 0. The van der Waals surface area contributed by atoms with Gasteiger partial charge in [-0.05, 0) is 12.1 Å². The molecule has 2 N–H and O–H groups in total. The van der Waals surface area contributed by atoms with Crippen molar-refractivity contribution in [3.63, 3.8) is 0 Å². The molecule has 0 saturated heterocycles. The Morgan fingerprint density at radius 2 is 2.10 bits per heavy atom. The van der Waals surface area contributed by atoms with Gasteiger partial charge in [-0.25, -0.2) is 13.6 Å². The van der Waals surface area contributed by atoms with Crippen molar-refractivity contribution in [3.05, 3.63) is 36.7 Å². The molecule has 0 atom stereocenters. The Labute approximate surface area is 113 Å². The Morgan fingerprint density at radius 1 is 1.25 bits per heavy atom. The second kappa shape index (κ2) is 4.54. The van der Waals surface area contributed by atoms with Crippen LogP contribution in [0.5, 0.6) is 0 Å². The van der Waals surface area contributed by atoms with Gasteiger partial charge in [-0.1, -0.05) is 11.2 Å². The van der Waals surface area contributed by atoms with Crippen LogP contribution in [0.25, 0.3) is 23.0 Å². The molecule has 3 heterocycles. The molecular formula is C11H8N4O4S. The van der Waals surface area contributed by atoms with Gasteiger partial charge in [0.25, 0.3) is 15.9 Å². The van der Waals surface area contributed by atoms with Gasteiger partial charge in [-0.15, -0.1) is 0 Å². The number of hydrogen-bond acceptors (Lipinski definition) is 7. The Balaban J connectivity index is 1.97. The lowest BCUT2D eigenvalue weighted by atomic mass is 10.3. The van der Waals surface area contributed by atoms with E-state index in [-0.39, 0.29) is 11.0 Å². The molecule has 0 fully saturated rings. The van der Waals surface area contributed by atoms with Crippen LogP contribution in [-0.2, 0) is 10.0 Å². The molecule has 3 aromatic rings. The molecule has 3 aromatic heterocycles. The van der Waals surface area contributed by atoms with E-state index in [1.165, 1.54) is 12.3 Å². The summed E-state index contributed by atoms with van der Waals surface area (Å²) in [6.07, 6.45) is 2.78. The second-order valence-electron chi connectivity index (χ2n) is 3.84. The van der Waals surface area contributed by atoms with Crippen LogP contribution in [0.3, 0.4) is 0 Å². The number of aromatic nitrogens is 3. The lowest BCUT2D eigenvalue weighted by molar-refractivity contribution is 0.429. The van der Waals surface area contributed by atoms with Crippen LogP contribution in [0.15, 0.2) is 50.8 Å². The molecule has 0 amide bonds. The minimum atomic E-state index is -3.90. The van der Waals surface area contributed by atoms with Gasteiger partial charge in [0.05, 0.1) is 5.56 Å². The average Bonchev–Trinajstić information content (AvgIpc) is 3.08. The molecule has 3 rings (SSSR count). The first-order valence-corrected chi connectivity index (χ1v) is 6.95. The first-order valence-electron chi connectivity index (χ1n) is 5.41. The molecular weight excluding hydrogens is 284 g/mol. The van der Waals surface area contributed by atoms with E-state index in [9.17, 15) is 8.42 Å². The molecule has 9 heteroatoms. The highest BCUT2D eigenvalue weighted by Crippen LogP contribution is 2.24. The molecule has 0 aliphatic rings. The zero-order valence-corrected chi connectivity index (χ0v) is 10.7. The minimum absolute atomic E-state index is 0.115. The Bertz CT molecular complexity index is 838. The van der Waals surface area contributed by atoms with Gasteiger partial charge in [0.1, 0.15) is 12.0 Å². The number of sulfonamides is 1. The van der Waals surface area contributed by atoms with Gasteiger partial charge in [-0.3, -0.25) is 4.98 Å². The van der Waals surface area contributed by atoms with Gasteiger partial charge < -0.3 is 8.94 Å². The van der Waals surface area contributed by atoms with Gasteiger partial charge in [0.15, 0.2) is 0 Å². The summed E-state index contributed by atoms with van der Waals surface area (Å²) in [6, 6.07) is 6.49. The van der Waals surface area contributed by atoms with Crippen molar-refractivity contribution in [2.24, 2.45) is 5.14 Å². The Morgan fingerprint density at radius 3 is 2.75 bits per heavy atom. The Kier molecular flexibility index (Phi) is 2.84. The van der Waals surface area contributed by atoms with Crippen molar-refractivity contribution in [3.8, 4) is 23.0 Å². The molecule has 8 nitrogen and oxygen atoms in total. The van der Waals surface area contributed by atoms with E-state index >= 15 is 0 Å². The third-order valence-electron chi connectivity index (χ3n) is 2.42. The predicted octanol–water partition coefficient (Wildman–Crippen LogP) is 1.04. The lowest BCUT2D eigenvalue weighted by Crippen LogP contribution is -2.10. The molecule has 0 radical (unpaired) electrons. The SMILES string of the molecule is NS(=O)(=O)c1cc(-c2nc(-c3ccccn3)no2)co1. The summed E-state index contributed by atoms with van der Waals surface area (Å²) in [6.45, 7) is 0. The van der Waals surface area contributed by atoms with Crippen molar-refractivity contribution < 1.29 is 17.4 Å². The van der Waals surface area contributed by atoms with Gasteiger partial charge in [0.2, 0.25) is 10.9 Å². The monoisotopic (exact) mass is 292 g/mol. The fraction of sp³-hybridized carbons (Fsp3) is 0. The number of pyridine rings is 1. The maximum absolute atomic E-state index is 11.1. The third kappa shape index (κ3) is 2.31. The van der Waals surface area contributed by atoms with Gasteiger partial charge >= 0.3 is 0 Å². The summed E-state index contributed by atoms with van der Waals surface area (Å²) in [4.78, 5) is 8.19. The average molecular weight is 292 g/mol. The van der Waals surface area contributed by atoms with Crippen LogP contribution in [0.2, 0.25) is 0 Å². The van der Waals surface area contributed by atoms with Crippen molar-refractivity contribution in [2.45, 2.75) is 5.09 Å². The maximum Gasteiger partial charge on any atom is 0.271 e. The molecule has 0 aliphatic heterocycles. The predicted molar refractivity (Wildman–Crippen MR) is 66.6 cm³/mol. The van der Waals surface area contributed by atoms with E-state index in [0.29, 0.717) is 17.1 Å². The molecule has 0 bridgehead atoms. The van der Waals surface area contributed by atoms with Gasteiger partial charge in [-0.2, -0.15) is 4.98 Å². The maximum atomic E-state index is 11.1. The quantitative estimate of drug-likeness (QED) is 0.764. The second-order valence-corrected chi connectivity index (χ2v) is 5.33. The van der Waals surface area contributed by atoms with Crippen LogP contribution in [0.4, 0.5) is 0 Å². The molecule has 20 heavy (non-hydrogen) atoms. The molecule has 0 aliphatic carbocycles. The minimum Gasteiger partial charge on any atom is -0.451 e. The summed E-state index contributed by atoms with van der Waals surface area (Å²) in [5, 5.41) is 8.34. The fourth-order valence-corrected chi connectivity index (χ4v) is 1.99. The summed E-state index contributed by atoms with van der Waals surface area (Å²) in [7, 11) is -3.90. The molecule has 0 spiro atoms. The highest BCUT2D eigenvalue weighted by molar-refractivity contribution is 7.89. The van der Waals surface area contributed by atoms with E-state index in [0.717, 1.165) is 0 Å². The lowest BCUT2D eigenvalue weighted by Gasteiger charge is -1.89. The first kappa shape index (κ1) is 12.5. The first-order chi connectivity index (χ1) is 9.54. The van der Waals surface area contributed by atoms with Crippen LogP contribution >= 0.6 is 0 Å².